The molecule has 110 valence electrons. The third-order valence-electron chi connectivity index (χ3n) is 2.93. The van der Waals surface area contributed by atoms with Crippen molar-refractivity contribution in [1.29, 1.82) is 0 Å². The van der Waals surface area contributed by atoms with Gasteiger partial charge in [-0.3, -0.25) is 0 Å². The van der Waals surface area contributed by atoms with Crippen LogP contribution in [0.5, 0.6) is 5.75 Å². The maximum Gasteiger partial charge on any atom is 0.337 e. The van der Waals surface area contributed by atoms with Gasteiger partial charge in [-0.2, -0.15) is 0 Å². The van der Waals surface area contributed by atoms with Crippen LogP contribution < -0.4 is 10.1 Å². The van der Waals surface area contributed by atoms with Crippen molar-refractivity contribution >= 4 is 23.3 Å². The number of carbonyl (C=O) groups is 1. The predicted molar refractivity (Wildman–Crippen MR) is 83.3 cm³/mol. The molecule has 0 spiro atoms. The number of halogens is 1. The highest BCUT2D eigenvalue weighted by Gasteiger charge is 2.08. The van der Waals surface area contributed by atoms with Crippen LogP contribution >= 0.6 is 11.6 Å². The molecule has 0 saturated carbocycles. The number of carboxylic acids is 1. The standard InChI is InChI=1S/C16H16ClNO3/c1-2-21-13-6-3-11(4-7-13)10-18-12-5-8-14(16(19)20)15(17)9-12/h3-9,18H,2,10H2,1H3,(H,19,20). The zero-order valence-electron chi connectivity index (χ0n) is 11.6. The van der Waals surface area contributed by atoms with Crippen LogP contribution in [0.3, 0.4) is 0 Å². The van der Waals surface area contributed by atoms with Gasteiger partial charge in [-0.1, -0.05) is 23.7 Å². The Morgan fingerprint density at radius 1 is 1.24 bits per heavy atom. The Bertz CT molecular complexity index is 626. The number of carboxylic acid groups (broad SMARTS) is 1. The Morgan fingerprint density at radius 3 is 2.52 bits per heavy atom. The van der Waals surface area contributed by atoms with Crippen LogP contribution in [0.4, 0.5) is 5.69 Å². The molecule has 5 heteroatoms. The number of ether oxygens (including phenoxy) is 1. The van der Waals surface area contributed by atoms with Crippen LogP contribution in [-0.4, -0.2) is 17.7 Å². The van der Waals surface area contributed by atoms with Gasteiger partial charge in [-0.25, -0.2) is 4.79 Å². The van der Waals surface area contributed by atoms with Crippen molar-refractivity contribution in [3.05, 3.63) is 58.6 Å². The van der Waals surface area contributed by atoms with Gasteiger partial charge in [0.1, 0.15) is 5.75 Å². The number of hydrogen-bond acceptors (Lipinski definition) is 3. The van der Waals surface area contributed by atoms with E-state index in [0.29, 0.717) is 13.2 Å². The normalized spacial score (nSPS) is 10.2. The zero-order valence-corrected chi connectivity index (χ0v) is 12.4. The minimum atomic E-state index is -1.03. The fourth-order valence-electron chi connectivity index (χ4n) is 1.87. The zero-order chi connectivity index (χ0) is 15.2. The van der Waals surface area contributed by atoms with Crippen LogP contribution in [0.2, 0.25) is 5.02 Å². The average Bonchev–Trinajstić information content (AvgIpc) is 2.46. The molecule has 0 aliphatic carbocycles. The van der Waals surface area contributed by atoms with Gasteiger partial charge in [-0.05, 0) is 42.8 Å². The lowest BCUT2D eigenvalue weighted by molar-refractivity contribution is 0.0697. The number of benzene rings is 2. The number of rotatable bonds is 6. The van der Waals surface area contributed by atoms with Gasteiger partial charge in [0, 0.05) is 12.2 Å². The van der Waals surface area contributed by atoms with Crippen LogP contribution in [0.1, 0.15) is 22.8 Å². The Balaban J connectivity index is 1.99. The van der Waals surface area contributed by atoms with Gasteiger partial charge in [0.15, 0.2) is 0 Å². The van der Waals surface area contributed by atoms with Gasteiger partial charge in [0.2, 0.25) is 0 Å². The van der Waals surface area contributed by atoms with Crippen molar-refractivity contribution < 1.29 is 14.6 Å². The molecule has 0 saturated heterocycles. The summed E-state index contributed by atoms with van der Waals surface area (Å²) in [5.41, 5.74) is 1.97. The maximum absolute atomic E-state index is 10.9. The topological polar surface area (TPSA) is 58.6 Å². The van der Waals surface area contributed by atoms with E-state index in [4.69, 9.17) is 21.4 Å². The lowest BCUT2D eigenvalue weighted by atomic mass is 10.2. The summed E-state index contributed by atoms with van der Waals surface area (Å²) in [6.07, 6.45) is 0. The minimum Gasteiger partial charge on any atom is -0.494 e. The molecular formula is C16H16ClNO3. The summed E-state index contributed by atoms with van der Waals surface area (Å²) in [6, 6.07) is 12.6. The Labute approximate surface area is 128 Å². The maximum atomic E-state index is 10.9. The van der Waals surface area contributed by atoms with E-state index in [1.54, 1.807) is 12.1 Å². The molecule has 0 bridgehead atoms. The van der Waals surface area contributed by atoms with Gasteiger partial charge in [-0.15, -0.1) is 0 Å². The summed E-state index contributed by atoms with van der Waals surface area (Å²) in [6.45, 7) is 3.21. The molecule has 2 N–H and O–H groups in total. The first-order valence-electron chi connectivity index (χ1n) is 6.58. The molecule has 0 radical (unpaired) electrons. The summed E-state index contributed by atoms with van der Waals surface area (Å²) < 4.78 is 5.38. The third-order valence-corrected chi connectivity index (χ3v) is 3.24. The fraction of sp³-hybridized carbons (Fsp3) is 0.188. The number of hydrogen-bond donors (Lipinski definition) is 2. The van der Waals surface area contributed by atoms with Crippen molar-refractivity contribution in [2.75, 3.05) is 11.9 Å². The van der Waals surface area contributed by atoms with E-state index in [-0.39, 0.29) is 10.6 Å². The first kappa shape index (κ1) is 15.2. The van der Waals surface area contributed by atoms with Gasteiger partial charge in [0.25, 0.3) is 0 Å². The molecule has 0 amide bonds. The number of aromatic carboxylic acids is 1. The molecule has 0 aliphatic rings. The summed E-state index contributed by atoms with van der Waals surface area (Å²) in [7, 11) is 0. The highest BCUT2D eigenvalue weighted by atomic mass is 35.5. The van der Waals surface area contributed by atoms with Gasteiger partial charge >= 0.3 is 5.97 Å². The molecule has 21 heavy (non-hydrogen) atoms. The molecule has 0 heterocycles. The molecular weight excluding hydrogens is 290 g/mol. The summed E-state index contributed by atoms with van der Waals surface area (Å²) in [5, 5.41) is 12.3. The largest absolute Gasteiger partial charge is 0.494 e. The summed E-state index contributed by atoms with van der Waals surface area (Å²) in [5.74, 6) is -0.187. The second kappa shape index (κ2) is 6.99. The van der Waals surface area contributed by atoms with Crippen molar-refractivity contribution in [2.45, 2.75) is 13.5 Å². The minimum absolute atomic E-state index is 0.100. The molecule has 0 aromatic heterocycles. The van der Waals surface area contributed by atoms with Gasteiger partial charge < -0.3 is 15.2 Å². The molecule has 2 aromatic carbocycles. The van der Waals surface area contributed by atoms with Crippen molar-refractivity contribution in [1.82, 2.24) is 0 Å². The Kier molecular flexibility index (Phi) is 5.06. The van der Waals surface area contributed by atoms with E-state index in [9.17, 15) is 4.79 Å². The third kappa shape index (κ3) is 4.13. The highest BCUT2D eigenvalue weighted by molar-refractivity contribution is 6.33. The predicted octanol–water partition coefficient (Wildman–Crippen LogP) is 4.05. The van der Waals surface area contributed by atoms with E-state index in [2.05, 4.69) is 5.32 Å². The fourth-order valence-corrected chi connectivity index (χ4v) is 2.13. The monoisotopic (exact) mass is 305 g/mol. The van der Waals surface area contributed by atoms with E-state index in [0.717, 1.165) is 17.0 Å². The average molecular weight is 306 g/mol. The van der Waals surface area contributed by atoms with E-state index in [1.807, 2.05) is 31.2 Å². The van der Waals surface area contributed by atoms with E-state index >= 15 is 0 Å². The van der Waals surface area contributed by atoms with Gasteiger partial charge in [0.05, 0.1) is 17.2 Å². The second-order valence-corrected chi connectivity index (χ2v) is 4.84. The molecule has 4 nitrogen and oxygen atoms in total. The first-order valence-corrected chi connectivity index (χ1v) is 6.96. The van der Waals surface area contributed by atoms with Crippen LogP contribution in [0, 0.1) is 0 Å². The van der Waals surface area contributed by atoms with E-state index in [1.165, 1.54) is 6.07 Å². The summed E-state index contributed by atoms with van der Waals surface area (Å²) >= 11 is 5.92. The summed E-state index contributed by atoms with van der Waals surface area (Å²) in [4.78, 5) is 10.9. The number of anilines is 1. The van der Waals surface area contributed by atoms with Crippen LogP contribution in [-0.2, 0) is 6.54 Å². The molecule has 2 aromatic rings. The molecule has 0 aliphatic heterocycles. The lowest BCUT2D eigenvalue weighted by Crippen LogP contribution is -2.02. The highest BCUT2D eigenvalue weighted by Crippen LogP contribution is 2.21. The molecule has 0 atom stereocenters. The van der Waals surface area contributed by atoms with Crippen molar-refractivity contribution in [2.24, 2.45) is 0 Å². The molecule has 0 fully saturated rings. The number of nitrogens with one attached hydrogen (secondary N) is 1. The quantitative estimate of drug-likeness (QED) is 0.845. The van der Waals surface area contributed by atoms with Crippen molar-refractivity contribution in [3.8, 4) is 5.75 Å². The Hall–Kier alpha value is -2.20. The smallest absolute Gasteiger partial charge is 0.337 e. The molecule has 0 unspecified atom stereocenters. The molecule has 2 rings (SSSR count). The first-order chi connectivity index (χ1) is 10.1. The second-order valence-electron chi connectivity index (χ2n) is 4.43. The lowest BCUT2D eigenvalue weighted by Gasteiger charge is -2.09. The van der Waals surface area contributed by atoms with E-state index < -0.39 is 5.97 Å². The SMILES string of the molecule is CCOc1ccc(CNc2ccc(C(=O)O)c(Cl)c2)cc1. The van der Waals surface area contributed by atoms with Crippen LogP contribution in [0.15, 0.2) is 42.5 Å². The Morgan fingerprint density at radius 2 is 1.95 bits per heavy atom. The van der Waals surface area contributed by atoms with Crippen molar-refractivity contribution in [3.63, 3.8) is 0 Å². The van der Waals surface area contributed by atoms with Crippen LogP contribution in [0.25, 0.3) is 0 Å².